The van der Waals surface area contributed by atoms with Gasteiger partial charge in [-0.15, -0.1) is 6.42 Å². The van der Waals surface area contributed by atoms with E-state index in [1.807, 2.05) is 0 Å². The molecule has 0 aliphatic heterocycles. The van der Waals surface area contributed by atoms with Crippen LogP contribution in [-0.2, 0) is 16.4 Å². The summed E-state index contributed by atoms with van der Waals surface area (Å²) >= 11 is 0. The number of sulfonamides is 1. The highest BCUT2D eigenvalue weighted by Gasteiger charge is 2.26. The summed E-state index contributed by atoms with van der Waals surface area (Å²) < 4.78 is 24.7. The molecular formula is C16H22N2O2S. The molecule has 0 amide bonds. The summed E-state index contributed by atoms with van der Waals surface area (Å²) in [6.07, 6.45) is 9.60. The Hall–Kier alpha value is -1.35. The molecule has 5 heteroatoms. The molecule has 0 saturated heterocycles. The number of fused-ring (bicyclic) bond motifs is 1. The molecule has 2 rings (SSSR count). The Kier molecular flexibility index (Phi) is 5.40. The zero-order valence-electron chi connectivity index (χ0n) is 12.4. The second kappa shape index (κ2) is 7.08. The van der Waals surface area contributed by atoms with Gasteiger partial charge in [0.15, 0.2) is 0 Å². The molecular weight excluding hydrogens is 284 g/mol. The fraction of sp³-hybridized carbons (Fsp3) is 0.500. The van der Waals surface area contributed by atoms with Crippen molar-refractivity contribution in [2.75, 3.05) is 25.9 Å². The van der Waals surface area contributed by atoms with E-state index in [4.69, 9.17) is 6.42 Å². The minimum atomic E-state index is -3.11. The van der Waals surface area contributed by atoms with Gasteiger partial charge in [-0.1, -0.05) is 30.2 Å². The van der Waals surface area contributed by atoms with E-state index in [0.29, 0.717) is 19.1 Å². The average molecular weight is 306 g/mol. The van der Waals surface area contributed by atoms with Crippen molar-refractivity contribution in [1.29, 1.82) is 0 Å². The smallest absolute Gasteiger partial charge is 0.208 e. The van der Waals surface area contributed by atoms with E-state index in [2.05, 4.69) is 39.8 Å². The lowest BCUT2D eigenvalue weighted by molar-refractivity contribution is 0.220. The van der Waals surface area contributed by atoms with Crippen LogP contribution < -0.4 is 4.72 Å². The summed E-state index contributed by atoms with van der Waals surface area (Å²) in [5, 5.41) is 0. The Bertz CT molecular complexity index is 619. The Labute approximate surface area is 127 Å². The summed E-state index contributed by atoms with van der Waals surface area (Å²) in [5.41, 5.74) is 2.77. The SMILES string of the molecule is C#CCN(CCCNS(C)(=O)=O)C1CCc2ccccc21. The zero-order valence-corrected chi connectivity index (χ0v) is 13.2. The highest BCUT2D eigenvalue weighted by molar-refractivity contribution is 7.88. The van der Waals surface area contributed by atoms with Gasteiger partial charge in [0, 0.05) is 19.1 Å². The van der Waals surface area contributed by atoms with E-state index in [0.717, 1.165) is 25.8 Å². The van der Waals surface area contributed by atoms with Gasteiger partial charge in [0.1, 0.15) is 0 Å². The van der Waals surface area contributed by atoms with Gasteiger partial charge in [0.2, 0.25) is 10.0 Å². The van der Waals surface area contributed by atoms with Crippen molar-refractivity contribution < 1.29 is 8.42 Å². The predicted molar refractivity (Wildman–Crippen MR) is 85.4 cm³/mol. The Morgan fingerprint density at radius 1 is 1.43 bits per heavy atom. The van der Waals surface area contributed by atoms with Gasteiger partial charge in [-0.05, 0) is 30.4 Å². The van der Waals surface area contributed by atoms with Gasteiger partial charge >= 0.3 is 0 Å². The van der Waals surface area contributed by atoms with Gasteiger partial charge in [0.25, 0.3) is 0 Å². The molecule has 0 bridgehead atoms. The Morgan fingerprint density at radius 3 is 2.90 bits per heavy atom. The molecule has 1 aromatic carbocycles. The number of rotatable bonds is 7. The van der Waals surface area contributed by atoms with Crippen molar-refractivity contribution in [2.45, 2.75) is 25.3 Å². The minimum absolute atomic E-state index is 0.357. The monoisotopic (exact) mass is 306 g/mol. The second-order valence-electron chi connectivity index (χ2n) is 5.45. The number of nitrogens with zero attached hydrogens (tertiary/aromatic N) is 1. The number of benzene rings is 1. The third-order valence-electron chi connectivity index (χ3n) is 3.82. The van der Waals surface area contributed by atoms with Crippen molar-refractivity contribution in [3.63, 3.8) is 0 Å². The first-order valence-electron chi connectivity index (χ1n) is 7.21. The fourth-order valence-electron chi connectivity index (χ4n) is 2.92. The standard InChI is InChI=1S/C16H22N2O2S/c1-3-12-18(13-6-11-17-21(2,19)20)16-10-9-14-7-4-5-8-15(14)16/h1,4-5,7-8,16-17H,6,9-13H2,2H3. The molecule has 1 aromatic rings. The van der Waals surface area contributed by atoms with Crippen LogP contribution in [-0.4, -0.2) is 39.2 Å². The van der Waals surface area contributed by atoms with Crippen molar-refractivity contribution in [1.82, 2.24) is 9.62 Å². The highest BCUT2D eigenvalue weighted by atomic mass is 32.2. The molecule has 0 aromatic heterocycles. The molecule has 0 heterocycles. The summed E-state index contributed by atoms with van der Waals surface area (Å²) in [7, 11) is -3.11. The van der Waals surface area contributed by atoms with Crippen LogP contribution in [0.4, 0.5) is 0 Å². The first-order valence-corrected chi connectivity index (χ1v) is 9.10. The molecule has 21 heavy (non-hydrogen) atoms. The van der Waals surface area contributed by atoms with Crippen molar-refractivity contribution >= 4 is 10.0 Å². The molecule has 0 fully saturated rings. The van der Waals surface area contributed by atoms with E-state index >= 15 is 0 Å². The molecule has 1 N–H and O–H groups in total. The van der Waals surface area contributed by atoms with E-state index in [-0.39, 0.29) is 0 Å². The van der Waals surface area contributed by atoms with Crippen molar-refractivity contribution in [3.8, 4) is 12.3 Å². The van der Waals surface area contributed by atoms with Gasteiger partial charge in [-0.25, -0.2) is 13.1 Å². The molecule has 1 unspecified atom stereocenters. The molecule has 0 radical (unpaired) electrons. The number of hydrogen-bond donors (Lipinski definition) is 1. The normalized spacial score (nSPS) is 17.7. The summed E-state index contributed by atoms with van der Waals surface area (Å²) in [5.74, 6) is 2.72. The van der Waals surface area contributed by atoms with E-state index in [1.54, 1.807) is 0 Å². The quantitative estimate of drug-likeness (QED) is 0.614. The number of aryl methyl sites for hydroxylation is 1. The largest absolute Gasteiger partial charge is 0.285 e. The number of terminal acetylenes is 1. The Morgan fingerprint density at radius 2 is 2.19 bits per heavy atom. The van der Waals surface area contributed by atoms with Crippen LogP contribution in [0.15, 0.2) is 24.3 Å². The summed E-state index contributed by atoms with van der Waals surface area (Å²) in [6.45, 7) is 1.85. The van der Waals surface area contributed by atoms with E-state index < -0.39 is 10.0 Å². The average Bonchev–Trinajstić information content (AvgIpc) is 2.85. The summed E-state index contributed by atoms with van der Waals surface area (Å²) in [4.78, 5) is 2.27. The van der Waals surface area contributed by atoms with Crippen LogP contribution in [0.3, 0.4) is 0 Å². The maximum Gasteiger partial charge on any atom is 0.208 e. The first kappa shape index (κ1) is 16.0. The molecule has 114 valence electrons. The molecule has 1 aliphatic rings. The van der Waals surface area contributed by atoms with Crippen LogP contribution in [0.2, 0.25) is 0 Å². The molecule has 4 nitrogen and oxygen atoms in total. The van der Waals surface area contributed by atoms with Crippen molar-refractivity contribution in [3.05, 3.63) is 35.4 Å². The molecule has 0 saturated carbocycles. The van der Waals surface area contributed by atoms with Crippen LogP contribution in [0.25, 0.3) is 0 Å². The maximum absolute atomic E-state index is 11.1. The van der Waals surface area contributed by atoms with Crippen LogP contribution >= 0.6 is 0 Å². The van der Waals surface area contributed by atoms with Crippen LogP contribution in [0.5, 0.6) is 0 Å². The lowest BCUT2D eigenvalue weighted by atomic mass is 10.1. The Balaban J connectivity index is 1.96. The summed E-state index contributed by atoms with van der Waals surface area (Å²) in [6, 6.07) is 8.84. The van der Waals surface area contributed by atoms with Crippen molar-refractivity contribution in [2.24, 2.45) is 0 Å². The maximum atomic E-state index is 11.1. The second-order valence-corrected chi connectivity index (χ2v) is 7.28. The molecule has 1 aliphatic carbocycles. The lowest BCUT2D eigenvalue weighted by Crippen LogP contribution is -2.32. The van der Waals surface area contributed by atoms with Gasteiger partial charge in [0.05, 0.1) is 12.8 Å². The fourth-order valence-corrected chi connectivity index (χ4v) is 3.43. The number of hydrogen-bond acceptors (Lipinski definition) is 3. The first-order chi connectivity index (χ1) is 10.0. The van der Waals surface area contributed by atoms with E-state index in [1.165, 1.54) is 17.4 Å². The van der Waals surface area contributed by atoms with Crippen LogP contribution in [0.1, 0.15) is 30.0 Å². The topological polar surface area (TPSA) is 49.4 Å². The third kappa shape index (κ3) is 4.57. The minimum Gasteiger partial charge on any atom is -0.285 e. The van der Waals surface area contributed by atoms with Gasteiger partial charge in [-0.3, -0.25) is 4.90 Å². The third-order valence-corrected chi connectivity index (χ3v) is 4.55. The van der Waals surface area contributed by atoms with Gasteiger partial charge in [-0.2, -0.15) is 0 Å². The molecule has 1 atom stereocenters. The van der Waals surface area contributed by atoms with Crippen LogP contribution in [0, 0.1) is 12.3 Å². The van der Waals surface area contributed by atoms with E-state index in [9.17, 15) is 8.42 Å². The predicted octanol–water partition coefficient (Wildman–Crippen LogP) is 1.55. The highest BCUT2D eigenvalue weighted by Crippen LogP contribution is 2.35. The lowest BCUT2D eigenvalue weighted by Gasteiger charge is -2.27. The zero-order chi connectivity index (χ0) is 15.3. The number of nitrogens with one attached hydrogen (secondary N) is 1. The van der Waals surface area contributed by atoms with Gasteiger partial charge < -0.3 is 0 Å². The molecule has 0 spiro atoms.